The van der Waals surface area contributed by atoms with Gasteiger partial charge in [-0.25, -0.2) is 0 Å². The standard InChI is InChI=1S/C12H13BrN2OS/c1-12(2,3)10-14-11(17-15-10)16-9-6-4-8(13)5-7-9/h4-7H,1-3H3. The van der Waals surface area contributed by atoms with Gasteiger partial charge in [-0.2, -0.15) is 9.36 Å². The van der Waals surface area contributed by atoms with E-state index >= 15 is 0 Å². The Bertz CT molecular complexity index is 502. The number of benzene rings is 1. The van der Waals surface area contributed by atoms with Crippen LogP contribution in [-0.4, -0.2) is 9.36 Å². The van der Waals surface area contributed by atoms with Crippen molar-refractivity contribution in [1.82, 2.24) is 9.36 Å². The second-order valence-corrected chi connectivity index (χ2v) is 6.32. The summed E-state index contributed by atoms with van der Waals surface area (Å²) in [5.41, 5.74) is -0.0438. The lowest BCUT2D eigenvalue weighted by Crippen LogP contribution is -2.12. The van der Waals surface area contributed by atoms with E-state index in [9.17, 15) is 0 Å². The SMILES string of the molecule is CC(C)(C)c1nsc(Oc2ccc(Br)cc2)n1. The van der Waals surface area contributed by atoms with Gasteiger partial charge in [-0.1, -0.05) is 36.7 Å². The zero-order valence-corrected chi connectivity index (χ0v) is 12.3. The second-order valence-electron chi connectivity index (χ2n) is 4.69. The number of hydrogen-bond donors (Lipinski definition) is 0. The molecule has 1 heterocycles. The van der Waals surface area contributed by atoms with E-state index < -0.39 is 0 Å². The maximum atomic E-state index is 5.63. The second kappa shape index (κ2) is 4.74. The molecule has 90 valence electrons. The first-order valence-corrected chi connectivity index (χ1v) is 6.79. The van der Waals surface area contributed by atoms with Crippen molar-refractivity contribution in [3.05, 3.63) is 34.6 Å². The molecule has 0 N–H and O–H groups in total. The lowest BCUT2D eigenvalue weighted by Gasteiger charge is -2.11. The summed E-state index contributed by atoms with van der Waals surface area (Å²) in [6.07, 6.45) is 0. The van der Waals surface area contributed by atoms with Crippen LogP contribution < -0.4 is 4.74 Å². The molecule has 17 heavy (non-hydrogen) atoms. The highest BCUT2D eigenvalue weighted by molar-refractivity contribution is 9.10. The van der Waals surface area contributed by atoms with Gasteiger partial charge in [0.1, 0.15) is 5.75 Å². The average molecular weight is 313 g/mol. The van der Waals surface area contributed by atoms with Crippen LogP contribution in [0.1, 0.15) is 26.6 Å². The van der Waals surface area contributed by atoms with Gasteiger partial charge < -0.3 is 4.74 Å². The third-order valence-corrected chi connectivity index (χ3v) is 3.22. The molecule has 0 fully saturated rings. The molecule has 0 atom stereocenters. The monoisotopic (exact) mass is 312 g/mol. The van der Waals surface area contributed by atoms with E-state index in [2.05, 4.69) is 46.1 Å². The first-order chi connectivity index (χ1) is 7.95. The molecule has 0 aliphatic carbocycles. The zero-order valence-electron chi connectivity index (χ0n) is 9.90. The lowest BCUT2D eigenvalue weighted by atomic mass is 9.96. The van der Waals surface area contributed by atoms with Crippen molar-refractivity contribution >= 4 is 27.5 Å². The predicted octanol–water partition coefficient (Wildman–Crippen LogP) is 4.39. The van der Waals surface area contributed by atoms with E-state index in [1.807, 2.05) is 24.3 Å². The van der Waals surface area contributed by atoms with Crippen LogP contribution in [0.2, 0.25) is 0 Å². The molecule has 0 spiro atoms. The molecular formula is C12H13BrN2OS. The molecule has 3 nitrogen and oxygen atoms in total. The Balaban J connectivity index is 2.14. The van der Waals surface area contributed by atoms with Crippen molar-refractivity contribution in [2.45, 2.75) is 26.2 Å². The highest BCUT2D eigenvalue weighted by Crippen LogP contribution is 2.28. The molecule has 0 saturated heterocycles. The summed E-state index contributed by atoms with van der Waals surface area (Å²) in [6, 6.07) is 7.65. The van der Waals surface area contributed by atoms with Crippen molar-refractivity contribution in [3.63, 3.8) is 0 Å². The molecule has 0 amide bonds. The summed E-state index contributed by atoms with van der Waals surface area (Å²) in [7, 11) is 0. The summed E-state index contributed by atoms with van der Waals surface area (Å²) >= 11 is 4.66. The minimum absolute atomic E-state index is 0.0438. The van der Waals surface area contributed by atoms with E-state index in [4.69, 9.17) is 4.74 Å². The van der Waals surface area contributed by atoms with Gasteiger partial charge >= 0.3 is 0 Å². The minimum atomic E-state index is -0.0438. The first-order valence-electron chi connectivity index (χ1n) is 5.23. The minimum Gasteiger partial charge on any atom is -0.430 e. The Kier molecular flexibility index (Phi) is 3.49. The van der Waals surface area contributed by atoms with Gasteiger partial charge in [0, 0.05) is 21.4 Å². The average Bonchev–Trinajstić information content (AvgIpc) is 2.69. The molecule has 0 aliphatic heterocycles. The fourth-order valence-corrected chi connectivity index (χ4v) is 2.16. The Morgan fingerprint density at radius 1 is 1.18 bits per heavy atom. The molecular weight excluding hydrogens is 300 g/mol. The molecule has 0 aliphatic rings. The van der Waals surface area contributed by atoms with Crippen LogP contribution in [0.3, 0.4) is 0 Å². The molecule has 2 aromatic rings. The van der Waals surface area contributed by atoms with Gasteiger partial charge in [-0.05, 0) is 24.3 Å². The smallest absolute Gasteiger partial charge is 0.298 e. The molecule has 0 saturated carbocycles. The molecule has 5 heteroatoms. The van der Waals surface area contributed by atoms with Crippen LogP contribution in [0, 0.1) is 0 Å². The highest BCUT2D eigenvalue weighted by Gasteiger charge is 2.20. The summed E-state index contributed by atoms with van der Waals surface area (Å²) in [5, 5.41) is 0.581. The van der Waals surface area contributed by atoms with Gasteiger partial charge in [0.2, 0.25) is 0 Å². The Morgan fingerprint density at radius 2 is 1.82 bits per heavy atom. The van der Waals surface area contributed by atoms with Gasteiger partial charge in [0.05, 0.1) is 0 Å². The molecule has 0 unspecified atom stereocenters. The molecule has 0 bridgehead atoms. The molecule has 1 aromatic heterocycles. The molecule has 1 aromatic carbocycles. The first kappa shape index (κ1) is 12.5. The quantitative estimate of drug-likeness (QED) is 0.825. The number of aromatic nitrogens is 2. The van der Waals surface area contributed by atoms with Crippen LogP contribution in [0.5, 0.6) is 10.9 Å². The Hall–Kier alpha value is -0.940. The maximum absolute atomic E-state index is 5.63. The van der Waals surface area contributed by atoms with Crippen molar-refractivity contribution in [2.75, 3.05) is 0 Å². The summed E-state index contributed by atoms with van der Waals surface area (Å²) in [6.45, 7) is 6.25. The van der Waals surface area contributed by atoms with E-state index in [0.29, 0.717) is 5.19 Å². The number of ether oxygens (including phenoxy) is 1. The van der Waals surface area contributed by atoms with Crippen LogP contribution >= 0.6 is 27.5 Å². The van der Waals surface area contributed by atoms with Gasteiger partial charge in [-0.15, -0.1) is 0 Å². The van der Waals surface area contributed by atoms with E-state index in [1.54, 1.807) is 0 Å². The maximum Gasteiger partial charge on any atom is 0.298 e. The van der Waals surface area contributed by atoms with Crippen molar-refractivity contribution in [1.29, 1.82) is 0 Å². The Morgan fingerprint density at radius 3 is 2.35 bits per heavy atom. The molecule has 2 rings (SSSR count). The van der Waals surface area contributed by atoms with Crippen LogP contribution in [0.15, 0.2) is 28.7 Å². The van der Waals surface area contributed by atoms with E-state index in [1.165, 1.54) is 11.5 Å². The summed E-state index contributed by atoms with van der Waals surface area (Å²) in [4.78, 5) is 4.37. The fourth-order valence-electron chi connectivity index (χ4n) is 1.16. The largest absolute Gasteiger partial charge is 0.430 e. The summed E-state index contributed by atoms with van der Waals surface area (Å²) < 4.78 is 11.0. The van der Waals surface area contributed by atoms with Crippen molar-refractivity contribution < 1.29 is 4.74 Å². The lowest BCUT2D eigenvalue weighted by molar-refractivity contribution is 0.468. The number of halogens is 1. The summed E-state index contributed by atoms with van der Waals surface area (Å²) in [5.74, 6) is 1.58. The van der Waals surface area contributed by atoms with Gasteiger partial charge in [0.25, 0.3) is 5.19 Å². The van der Waals surface area contributed by atoms with Crippen LogP contribution in [0.25, 0.3) is 0 Å². The van der Waals surface area contributed by atoms with Crippen LogP contribution in [0.4, 0.5) is 0 Å². The molecule has 0 radical (unpaired) electrons. The van der Waals surface area contributed by atoms with Gasteiger partial charge in [-0.3, -0.25) is 0 Å². The van der Waals surface area contributed by atoms with Crippen LogP contribution in [-0.2, 0) is 5.41 Å². The van der Waals surface area contributed by atoms with Gasteiger partial charge in [0.15, 0.2) is 5.82 Å². The van der Waals surface area contributed by atoms with Crippen molar-refractivity contribution in [2.24, 2.45) is 0 Å². The number of rotatable bonds is 2. The third kappa shape index (κ3) is 3.26. The van der Waals surface area contributed by atoms with E-state index in [-0.39, 0.29) is 5.41 Å². The number of hydrogen-bond acceptors (Lipinski definition) is 4. The highest BCUT2D eigenvalue weighted by atomic mass is 79.9. The van der Waals surface area contributed by atoms with E-state index in [0.717, 1.165) is 16.0 Å². The fraction of sp³-hybridized carbons (Fsp3) is 0.333. The number of nitrogens with zero attached hydrogens (tertiary/aromatic N) is 2. The predicted molar refractivity (Wildman–Crippen MR) is 72.8 cm³/mol. The Labute approximate surface area is 113 Å². The third-order valence-electron chi connectivity index (χ3n) is 2.10. The zero-order chi connectivity index (χ0) is 12.5. The van der Waals surface area contributed by atoms with Crippen molar-refractivity contribution in [3.8, 4) is 10.9 Å². The topological polar surface area (TPSA) is 35.0 Å². The normalized spacial score (nSPS) is 11.5.